The molecule has 3 aliphatic carbocycles. The maximum Gasteiger partial charge on any atom is 0.174 e. The van der Waals surface area contributed by atoms with Gasteiger partial charge >= 0.3 is 0 Å². The molecule has 1 saturated carbocycles. The van der Waals surface area contributed by atoms with Gasteiger partial charge < -0.3 is 4.74 Å². The van der Waals surface area contributed by atoms with Gasteiger partial charge in [0.25, 0.3) is 0 Å². The molecule has 3 rings (SSSR count). The topological polar surface area (TPSA) is 26.3 Å². The Balaban J connectivity index is 2.48. The van der Waals surface area contributed by atoms with Gasteiger partial charge in [0.05, 0.1) is 0 Å². The van der Waals surface area contributed by atoms with Gasteiger partial charge in [-0.15, -0.1) is 0 Å². The second-order valence-corrected chi connectivity index (χ2v) is 4.65. The van der Waals surface area contributed by atoms with Crippen molar-refractivity contribution in [1.82, 2.24) is 0 Å². The predicted octanol–water partition coefficient (Wildman–Crippen LogP) is 1.95. The van der Waals surface area contributed by atoms with Gasteiger partial charge in [0.1, 0.15) is 5.60 Å². The summed E-state index contributed by atoms with van der Waals surface area (Å²) in [6.45, 7) is 4.05. The van der Waals surface area contributed by atoms with Crippen molar-refractivity contribution in [2.45, 2.75) is 32.3 Å². The molecule has 0 aromatic heterocycles. The molecule has 0 radical (unpaired) electrons. The molecule has 0 spiro atoms. The van der Waals surface area contributed by atoms with Crippen molar-refractivity contribution in [3.8, 4) is 0 Å². The minimum absolute atomic E-state index is 0.233. The number of carbonyl (C=O) groups is 1. The second-order valence-electron chi connectivity index (χ2n) is 4.65. The summed E-state index contributed by atoms with van der Waals surface area (Å²) in [6, 6.07) is 0. The Morgan fingerprint density at radius 1 is 1.54 bits per heavy atom. The number of hydrogen-bond acceptors (Lipinski definition) is 2. The van der Waals surface area contributed by atoms with Crippen LogP contribution in [0.3, 0.4) is 0 Å². The van der Waals surface area contributed by atoms with E-state index in [0.29, 0.717) is 5.92 Å². The fraction of sp³-hybridized carbons (Fsp3) is 0.727. The predicted molar refractivity (Wildman–Crippen MR) is 50.4 cm³/mol. The van der Waals surface area contributed by atoms with Gasteiger partial charge in [-0.3, -0.25) is 4.79 Å². The fourth-order valence-electron chi connectivity index (χ4n) is 2.59. The van der Waals surface area contributed by atoms with Gasteiger partial charge in [-0.1, -0.05) is 19.9 Å². The Morgan fingerprint density at radius 2 is 2.23 bits per heavy atom. The zero-order valence-electron chi connectivity index (χ0n) is 8.46. The number of allylic oxidation sites excluding steroid dienone is 1. The number of ether oxygens (including phenoxy) is 1. The first-order valence-electron chi connectivity index (χ1n) is 4.82. The summed E-state index contributed by atoms with van der Waals surface area (Å²) in [5.41, 5.74) is -0.832. The molecule has 2 atom stereocenters. The molecule has 0 heterocycles. The van der Waals surface area contributed by atoms with Crippen LogP contribution in [0.2, 0.25) is 0 Å². The lowest BCUT2D eigenvalue weighted by molar-refractivity contribution is -0.155. The van der Waals surface area contributed by atoms with Crippen LogP contribution in [0.1, 0.15) is 26.7 Å². The normalized spacial score (nSPS) is 41.2. The third-order valence-corrected chi connectivity index (χ3v) is 3.69. The Labute approximate surface area is 79.0 Å². The van der Waals surface area contributed by atoms with Crippen molar-refractivity contribution in [2.24, 2.45) is 11.3 Å². The molecule has 0 N–H and O–H groups in total. The minimum atomic E-state index is -0.599. The van der Waals surface area contributed by atoms with Crippen LogP contribution in [0.15, 0.2) is 12.2 Å². The number of fused-ring (bicyclic) bond motifs is 2. The molecule has 0 aromatic rings. The fourth-order valence-corrected chi connectivity index (χ4v) is 2.59. The molecule has 2 bridgehead atoms. The largest absolute Gasteiger partial charge is 0.366 e. The third kappa shape index (κ3) is 0.953. The molecule has 0 aliphatic heterocycles. The first-order valence-corrected chi connectivity index (χ1v) is 4.82. The Kier molecular flexibility index (Phi) is 1.68. The van der Waals surface area contributed by atoms with Crippen LogP contribution in [0.5, 0.6) is 0 Å². The van der Waals surface area contributed by atoms with Gasteiger partial charge in [-0.2, -0.15) is 0 Å². The van der Waals surface area contributed by atoms with E-state index < -0.39 is 5.60 Å². The highest BCUT2D eigenvalue weighted by atomic mass is 16.5. The van der Waals surface area contributed by atoms with Crippen LogP contribution in [0, 0.1) is 11.3 Å². The van der Waals surface area contributed by atoms with E-state index in [4.69, 9.17) is 4.74 Å². The molecule has 1 fully saturated rings. The number of rotatable bonds is 1. The van der Waals surface area contributed by atoms with E-state index in [-0.39, 0.29) is 11.2 Å². The molecule has 0 amide bonds. The Morgan fingerprint density at radius 3 is 2.62 bits per heavy atom. The van der Waals surface area contributed by atoms with Crippen molar-refractivity contribution in [3.05, 3.63) is 12.2 Å². The summed E-state index contributed by atoms with van der Waals surface area (Å²) >= 11 is 0. The lowest BCUT2D eigenvalue weighted by atomic mass is 9.58. The summed E-state index contributed by atoms with van der Waals surface area (Å²) in [5, 5.41) is 0. The van der Waals surface area contributed by atoms with Crippen molar-refractivity contribution >= 4 is 5.78 Å². The quantitative estimate of drug-likeness (QED) is 0.576. The highest BCUT2D eigenvalue weighted by Gasteiger charge is 2.54. The number of ketones is 1. The lowest BCUT2D eigenvalue weighted by Gasteiger charge is -2.48. The van der Waals surface area contributed by atoms with Crippen LogP contribution >= 0.6 is 0 Å². The molecular weight excluding hydrogens is 164 g/mol. The SMILES string of the molecule is CO[C@@]12C=C[C@H](CC1)C(C)(C)C2=O. The van der Waals surface area contributed by atoms with Crippen LogP contribution in [0.4, 0.5) is 0 Å². The van der Waals surface area contributed by atoms with E-state index in [1.165, 1.54) is 0 Å². The minimum Gasteiger partial charge on any atom is -0.366 e. The summed E-state index contributed by atoms with van der Waals surface area (Å²) in [4.78, 5) is 12.1. The van der Waals surface area contributed by atoms with Crippen molar-refractivity contribution < 1.29 is 9.53 Å². The van der Waals surface area contributed by atoms with Crippen LogP contribution in [-0.4, -0.2) is 18.5 Å². The first kappa shape index (κ1) is 8.95. The molecule has 0 unspecified atom stereocenters. The van der Waals surface area contributed by atoms with Crippen molar-refractivity contribution in [3.63, 3.8) is 0 Å². The van der Waals surface area contributed by atoms with Gasteiger partial charge in [0, 0.05) is 12.5 Å². The van der Waals surface area contributed by atoms with E-state index >= 15 is 0 Å². The molecule has 3 aliphatic rings. The summed E-state index contributed by atoms with van der Waals surface area (Å²) < 4.78 is 5.38. The second kappa shape index (κ2) is 2.44. The zero-order chi connectivity index (χ0) is 9.69. The summed E-state index contributed by atoms with van der Waals surface area (Å²) in [5.74, 6) is 0.665. The third-order valence-electron chi connectivity index (χ3n) is 3.69. The van der Waals surface area contributed by atoms with Crippen molar-refractivity contribution in [1.29, 1.82) is 0 Å². The molecule has 72 valence electrons. The maximum absolute atomic E-state index is 12.1. The summed E-state index contributed by atoms with van der Waals surface area (Å²) in [7, 11) is 1.63. The highest BCUT2D eigenvalue weighted by molar-refractivity contribution is 5.96. The summed E-state index contributed by atoms with van der Waals surface area (Å²) in [6.07, 6.45) is 6.03. The standard InChI is InChI=1S/C11H16O2/c1-10(2)8-4-6-11(13-3,7-5-8)9(10)12/h4,6,8H,5,7H2,1-3H3/t8-,11+/m1/s1. The zero-order valence-corrected chi connectivity index (χ0v) is 8.46. The Hall–Kier alpha value is -0.630. The van der Waals surface area contributed by atoms with E-state index in [0.717, 1.165) is 12.8 Å². The van der Waals surface area contributed by atoms with Gasteiger partial charge in [-0.05, 0) is 24.8 Å². The number of hydrogen-bond donors (Lipinski definition) is 0. The molecular formula is C11H16O2. The van der Waals surface area contributed by atoms with Crippen LogP contribution < -0.4 is 0 Å². The Bertz CT molecular complexity index is 278. The number of carbonyl (C=O) groups excluding carboxylic acids is 1. The first-order chi connectivity index (χ1) is 6.03. The number of Topliss-reactive ketones (excluding diaryl/α,β-unsaturated/α-hetero) is 1. The van der Waals surface area contributed by atoms with Crippen LogP contribution in [0.25, 0.3) is 0 Å². The number of methoxy groups -OCH3 is 1. The van der Waals surface area contributed by atoms with Gasteiger partial charge in [-0.25, -0.2) is 0 Å². The lowest BCUT2D eigenvalue weighted by Crippen LogP contribution is -2.56. The van der Waals surface area contributed by atoms with E-state index in [1.807, 2.05) is 19.9 Å². The molecule has 2 nitrogen and oxygen atoms in total. The van der Waals surface area contributed by atoms with Gasteiger partial charge in [0.15, 0.2) is 5.78 Å². The smallest absolute Gasteiger partial charge is 0.174 e. The molecule has 2 heteroatoms. The maximum atomic E-state index is 12.1. The highest BCUT2D eigenvalue weighted by Crippen LogP contribution is 2.48. The van der Waals surface area contributed by atoms with E-state index in [9.17, 15) is 4.79 Å². The monoisotopic (exact) mass is 180 g/mol. The van der Waals surface area contributed by atoms with Crippen molar-refractivity contribution in [2.75, 3.05) is 7.11 Å². The van der Waals surface area contributed by atoms with E-state index in [2.05, 4.69) is 6.08 Å². The van der Waals surface area contributed by atoms with Gasteiger partial charge in [0.2, 0.25) is 0 Å². The molecule has 0 saturated heterocycles. The van der Waals surface area contributed by atoms with Crippen LogP contribution in [-0.2, 0) is 9.53 Å². The average molecular weight is 180 g/mol. The van der Waals surface area contributed by atoms with E-state index in [1.54, 1.807) is 7.11 Å². The average Bonchev–Trinajstić information content (AvgIpc) is 2.15. The molecule has 0 aromatic carbocycles. The molecule has 13 heavy (non-hydrogen) atoms.